The quantitative estimate of drug-likeness (QED) is 0.275. The van der Waals surface area contributed by atoms with E-state index in [0.29, 0.717) is 12.4 Å². The number of ether oxygens (including phenoxy) is 3. The molecule has 4 N–H and O–H groups in total. The highest BCUT2D eigenvalue weighted by Gasteiger charge is 2.38. The van der Waals surface area contributed by atoms with E-state index in [2.05, 4.69) is 32.4 Å². The van der Waals surface area contributed by atoms with Crippen molar-refractivity contribution < 1.29 is 28.2 Å². The van der Waals surface area contributed by atoms with E-state index in [-0.39, 0.29) is 56.6 Å². The number of rotatable bonds is 11. The van der Waals surface area contributed by atoms with Gasteiger partial charge in [0.2, 0.25) is 11.8 Å². The highest BCUT2D eigenvalue weighted by Crippen LogP contribution is 2.45. The van der Waals surface area contributed by atoms with Gasteiger partial charge in [-0.15, -0.1) is 0 Å². The summed E-state index contributed by atoms with van der Waals surface area (Å²) in [6.07, 6.45) is 4.96. The van der Waals surface area contributed by atoms with Crippen molar-refractivity contribution in [3.63, 3.8) is 0 Å². The van der Waals surface area contributed by atoms with E-state index >= 15 is 4.39 Å². The van der Waals surface area contributed by atoms with Gasteiger partial charge in [-0.25, -0.2) is 9.37 Å². The van der Waals surface area contributed by atoms with Gasteiger partial charge in [-0.05, 0) is 64.0 Å². The number of halogens is 2. The standard InChI is InChI=1S/C30H34ClFN6O5/c1-30(9-10-30)16-42-22-5-4-6-23(25(22)26(33)39)43-28-19(31)15-34-29(37-28)36-21-14-20(32)18(13-24(21)41-3)27(40)35-17-7-11-38(2)12-8-17/h4-6,13-15,17H,7-12,16H2,1-3H3,(H2,33,39)(H,35,40)(H,34,36,37). The molecule has 0 spiro atoms. The molecule has 0 atom stereocenters. The number of benzene rings is 2. The Hall–Kier alpha value is -4.16. The van der Waals surface area contributed by atoms with E-state index in [4.69, 9.17) is 31.5 Å². The number of piperidine rings is 1. The van der Waals surface area contributed by atoms with E-state index in [1.54, 1.807) is 18.2 Å². The Labute approximate surface area is 253 Å². The molecule has 0 bridgehead atoms. The van der Waals surface area contributed by atoms with Gasteiger partial charge in [-0.1, -0.05) is 24.6 Å². The Kier molecular flexibility index (Phi) is 8.88. The lowest BCUT2D eigenvalue weighted by molar-refractivity contribution is 0.0911. The predicted molar refractivity (Wildman–Crippen MR) is 159 cm³/mol. The molecule has 2 fully saturated rings. The first-order chi connectivity index (χ1) is 20.5. The number of nitrogens with two attached hydrogens (primary N) is 1. The van der Waals surface area contributed by atoms with Crippen molar-refractivity contribution in [3.05, 3.63) is 58.5 Å². The molecule has 13 heteroatoms. The number of primary amides is 1. The molecule has 11 nitrogen and oxygen atoms in total. The summed E-state index contributed by atoms with van der Waals surface area (Å²) >= 11 is 6.32. The average molecular weight is 613 g/mol. The van der Waals surface area contributed by atoms with Gasteiger partial charge in [0.25, 0.3) is 11.8 Å². The van der Waals surface area contributed by atoms with Crippen LogP contribution in [0.4, 0.5) is 16.0 Å². The lowest BCUT2D eigenvalue weighted by Crippen LogP contribution is -2.43. The summed E-state index contributed by atoms with van der Waals surface area (Å²) in [5.41, 5.74) is 5.84. The summed E-state index contributed by atoms with van der Waals surface area (Å²) in [6.45, 7) is 4.26. The smallest absolute Gasteiger partial charge is 0.256 e. The van der Waals surface area contributed by atoms with Gasteiger partial charge in [0, 0.05) is 17.5 Å². The maximum absolute atomic E-state index is 15.2. The Balaban J connectivity index is 1.34. The predicted octanol–water partition coefficient (Wildman–Crippen LogP) is 4.92. The van der Waals surface area contributed by atoms with Crippen LogP contribution in [0.15, 0.2) is 36.5 Å². The molecule has 1 saturated heterocycles. The number of hydrogen-bond acceptors (Lipinski definition) is 9. The van der Waals surface area contributed by atoms with Crippen molar-refractivity contribution in [1.29, 1.82) is 0 Å². The van der Waals surface area contributed by atoms with Gasteiger partial charge in [-0.2, -0.15) is 4.98 Å². The van der Waals surface area contributed by atoms with Crippen LogP contribution in [0.25, 0.3) is 0 Å². The number of likely N-dealkylation sites (tertiary alicyclic amines) is 1. The van der Waals surface area contributed by atoms with Gasteiger partial charge in [0.1, 0.15) is 33.7 Å². The second kappa shape index (κ2) is 12.6. The highest BCUT2D eigenvalue weighted by atomic mass is 35.5. The molecule has 2 aliphatic rings. The molecule has 1 aromatic heterocycles. The molecule has 2 heterocycles. The highest BCUT2D eigenvalue weighted by molar-refractivity contribution is 6.31. The molecule has 2 aromatic carbocycles. The van der Waals surface area contributed by atoms with Gasteiger partial charge in [-0.3, -0.25) is 9.59 Å². The molecular formula is C30H34ClFN6O5. The number of methoxy groups -OCH3 is 1. The number of hydrogen-bond donors (Lipinski definition) is 3. The molecule has 3 aromatic rings. The zero-order chi connectivity index (χ0) is 30.7. The first-order valence-corrected chi connectivity index (χ1v) is 14.3. The largest absolute Gasteiger partial charge is 0.495 e. The van der Waals surface area contributed by atoms with E-state index in [9.17, 15) is 9.59 Å². The SMILES string of the molecule is COc1cc(C(=O)NC2CCN(C)CC2)c(F)cc1Nc1ncc(Cl)c(Oc2cccc(OCC3(C)CC3)c2C(N)=O)n1. The van der Waals surface area contributed by atoms with Gasteiger partial charge < -0.3 is 35.5 Å². The number of carbonyl (C=O) groups excluding carboxylic acids is 2. The van der Waals surface area contributed by atoms with Crippen molar-refractivity contribution in [3.8, 4) is 23.1 Å². The van der Waals surface area contributed by atoms with Gasteiger partial charge in [0.15, 0.2) is 0 Å². The maximum atomic E-state index is 15.2. The molecule has 0 unspecified atom stereocenters. The van der Waals surface area contributed by atoms with Crippen LogP contribution < -0.4 is 30.6 Å². The molecule has 2 amide bonds. The van der Waals surface area contributed by atoms with E-state index < -0.39 is 17.6 Å². The Morgan fingerprint density at radius 1 is 1.19 bits per heavy atom. The zero-order valence-electron chi connectivity index (χ0n) is 24.2. The first kappa shape index (κ1) is 30.3. The fraction of sp³-hybridized carbons (Fsp3) is 0.400. The zero-order valence-corrected chi connectivity index (χ0v) is 25.0. The second-order valence-corrected chi connectivity index (χ2v) is 11.7. The first-order valence-electron chi connectivity index (χ1n) is 14.0. The number of nitrogens with zero attached hydrogens (tertiary/aromatic N) is 3. The van der Waals surface area contributed by atoms with Crippen molar-refractivity contribution >= 4 is 35.1 Å². The average Bonchev–Trinajstić information content (AvgIpc) is 3.72. The minimum atomic E-state index is -0.748. The molecule has 1 aliphatic heterocycles. The van der Waals surface area contributed by atoms with Crippen molar-refractivity contribution in [2.24, 2.45) is 11.1 Å². The summed E-state index contributed by atoms with van der Waals surface area (Å²) in [6, 6.07) is 7.28. The van der Waals surface area contributed by atoms with Crippen LogP contribution in [0.3, 0.4) is 0 Å². The summed E-state index contributed by atoms with van der Waals surface area (Å²) in [5.74, 6) is -1.50. The number of amides is 2. The number of nitrogens with one attached hydrogen (secondary N) is 2. The Bertz CT molecular complexity index is 1530. The van der Waals surface area contributed by atoms with Gasteiger partial charge in [0.05, 0.1) is 31.2 Å². The van der Waals surface area contributed by atoms with Crippen LogP contribution in [0, 0.1) is 11.2 Å². The number of aromatic nitrogens is 2. The lowest BCUT2D eigenvalue weighted by Gasteiger charge is -2.29. The van der Waals surface area contributed by atoms with Crippen LogP contribution in [0.1, 0.15) is 53.3 Å². The molecular weight excluding hydrogens is 579 g/mol. The fourth-order valence-corrected chi connectivity index (χ4v) is 4.82. The molecule has 228 valence electrons. The monoisotopic (exact) mass is 612 g/mol. The fourth-order valence-electron chi connectivity index (χ4n) is 4.69. The second-order valence-electron chi connectivity index (χ2n) is 11.2. The van der Waals surface area contributed by atoms with Crippen molar-refractivity contribution in [2.75, 3.05) is 39.2 Å². The van der Waals surface area contributed by atoms with E-state index in [1.165, 1.54) is 19.4 Å². The van der Waals surface area contributed by atoms with E-state index in [1.807, 2.05) is 7.05 Å². The summed E-state index contributed by atoms with van der Waals surface area (Å²) in [7, 11) is 3.42. The van der Waals surface area contributed by atoms with Crippen LogP contribution in [-0.2, 0) is 0 Å². The third-order valence-corrected chi connectivity index (χ3v) is 7.93. The van der Waals surface area contributed by atoms with E-state index in [0.717, 1.165) is 44.8 Å². The molecule has 1 saturated carbocycles. The van der Waals surface area contributed by atoms with Crippen molar-refractivity contribution in [1.82, 2.24) is 20.2 Å². The summed E-state index contributed by atoms with van der Waals surface area (Å²) in [5, 5.41) is 5.85. The topological polar surface area (TPSA) is 141 Å². The normalized spacial score (nSPS) is 16.3. The Morgan fingerprint density at radius 2 is 1.91 bits per heavy atom. The molecule has 0 radical (unpaired) electrons. The Morgan fingerprint density at radius 3 is 2.58 bits per heavy atom. The minimum absolute atomic E-state index is 0.00434. The maximum Gasteiger partial charge on any atom is 0.256 e. The third-order valence-electron chi connectivity index (χ3n) is 7.67. The van der Waals surface area contributed by atoms with Crippen LogP contribution in [0.5, 0.6) is 23.1 Å². The molecule has 5 rings (SSSR count). The minimum Gasteiger partial charge on any atom is -0.495 e. The lowest BCUT2D eigenvalue weighted by atomic mass is 10.0. The summed E-state index contributed by atoms with van der Waals surface area (Å²) < 4.78 is 32.4. The number of carbonyl (C=O) groups is 2. The molecule has 1 aliphatic carbocycles. The summed E-state index contributed by atoms with van der Waals surface area (Å²) in [4.78, 5) is 35.9. The van der Waals surface area contributed by atoms with Crippen LogP contribution in [-0.4, -0.2) is 66.6 Å². The molecule has 43 heavy (non-hydrogen) atoms. The van der Waals surface area contributed by atoms with Gasteiger partial charge >= 0.3 is 0 Å². The van der Waals surface area contributed by atoms with Crippen molar-refractivity contribution in [2.45, 2.75) is 38.6 Å². The number of anilines is 2. The third kappa shape index (κ3) is 7.26. The van der Waals surface area contributed by atoms with Crippen LogP contribution in [0.2, 0.25) is 5.02 Å². The van der Waals surface area contributed by atoms with Crippen LogP contribution >= 0.6 is 11.6 Å².